The molecule has 0 saturated heterocycles. The van der Waals surface area contributed by atoms with E-state index in [1.165, 1.54) is 6.20 Å². The minimum absolute atomic E-state index is 0.0994. The molecule has 1 aromatic carbocycles. The van der Waals surface area contributed by atoms with E-state index in [-0.39, 0.29) is 11.6 Å². The van der Waals surface area contributed by atoms with Gasteiger partial charge in [0.1, 0.15) is 5.69 Å². The molecule has 0 bridgehead atoms. The summed E-state index contributed by atoms with van der Waals surface area (Å²) in [5.74, 6) is -0.929. The standard InChI is InChI=1S/C16H13N3O3/c1-2-13(20)18-10-5-7-11(8-6-10)19-15(21)12-4-3-9-17-14(12)16(19)22/h3-9H,2H2,1H3,(H,18,20). The average molecular weight is 295 g/mol. The summed E-state index contributed by atoms with van der Waals surface area (Å²) < 4.78 is 0. The summed E-state index contributed by atoms with van der Waals surface area (Å²) >= 11 is 0. The Bertz CT molecular complexity index is 733. The molecule has 1 N–H and O–H groups in total. The van der Waals surface area contributed by atoms with Gasteiger partial charge in [-0.05, 0) is 36.4 Å². The number of hydrogen-bond donors (Lipinski definition) is 1. The molecule has 2 heterocycles. The van der Waals surface area contributed by atoms with Gasteiger partial charge in [-0.1, -0.05) is 6.92 Å². The molecular formula is C16H13N3O3. The smallest absolute Gasteiger partial charge is 0.284 e. The van der Waals surface area contributed by atoms with E-state index >= 15 is 0 Å². The van der Waals surface area contributed by atoms with E-state index in [9.17, 15) is 14.4 Å². The zero-order valence-corrected chi connectivity index (χ0v) is 11.9. The number of pyridine rings is 1. The lowest BCUT2D eigenvalue weighted by molar-refractivity contribution is -0.115. The third-order valence-electron chi connectivity index (χ3n) is 3.38. The van der Waals surface area contributed by atoms with E-state index in [0.717, 1.165) is 4.90 Å². The van der Waals surface area contributed by atoms with Crippen LogP contribution in [0.4, 0.5) is 11.4 Å². The SMILES string of the molecule is CCC(=O)Nc1ccc(N2C(=O)c3cccnc3C2=O)cc1. The number of carbonyl (C=O) groups excluding carboxylic acids is 3. The molecule has 22 heavy (non-hydrogen) atoms. The number of fused-ring (bicyclic) bond motifs is 1. The first-order valence-corrected chi connectivity index (χ1v) is 6.85. The van der Waals surface area contributed by atoms with Gasteiger partial charge in [0.15, 0.2) is 0 Å². The van der Waals surface area contributed by atoms with Gasteiger partial charge < -0.3 is 5.32 Å². The second kappa shape index (κ2) is 5.40. The van der Waals surface area contributed by atoms with Gasteiger partial charge in [-0.15, -0.1) is 0 Å². The molecule has 0 spiro atoms. The van der Waals surface area contributed by atoms with Gasteiger partial charge in [0, 0.05) is 18.3 Å². The molecular weight excluding hydrogens is 282 g/mol. The summed E-state index contributed by atoms with van der Waals surface area (Å²) in [6.07, 6.45) is 1.86. The predicted octanol–water partition coefficient (Wildman–Crippen LogP) is 2.23. The molecule has 0 unspecified atom stereocenters. The van der Waals surface area contributed by atoms with Crippen molar-refractivity contribution in [2.75, 3.05) is 10.2 Å². The Morgan fingerprint density at radius 1 is 1.14 bits per heavy atom. The molecule has 6 nitrogen and oxygen atoms in total. The van der Waals surface area contributed by atoms with E-state index in [4.69, 9.17) is 0 Å². The predicted molar refractivity (Wildman–Crippen MR) is 80.7 cm³/mol. The van der Waals surface area contributed by atoms with Crippen molar-refractivity contribution in [1.82, 2.24) is 4.98 Å². The second-order valence-electron chi connectivity index (χ2n) is 4.79. The molecule has 0 radical (unpaired) electrons. The Morgan fingerprint density at radius 2 is 1.86 bits per heavy atom. The van der Waals surface area contributed by atoms with Crippen molar-refractivity contribution >= 4 is 29.1 Å². The van der Waals surface area contributed by atoms with Crippen LogP contribution >= 0.6 is 0 Å². The first-order valence-electron chi connectivity index (χ1n) is 6.85. The number of benzene rings is 1. The maximum Gasteiger partial charge on any atom is 0.284 e. The Labute approximate surface area is 126 Å². The van der Waals surface area contributed by atoms with Crippen LogP contribution in [0.2, 0.25) is 0 Å². The number of amides is 3. The average Bonchev–Trinajstić information content (AvgIpc) is 2.80. The summed E-state index contributed by atoms with van der Waals surface area (Å²) in [6.45, 7) is 1.76. The fourth-order valence-electron chi connectivity index (χ4n) is 2.24. The van der Waals surface area contributed by atoms with E-state index in [0.29, 0.717) is 23.4 Å². The van der Waals surface area contributed by atoms with Crippen LogP contribution in [0.3, 0.4) is 0 Å². The van der Waals surface area contributed by atoms with Crippen molar-refractivity contribution in [2.24, 2.45) is 0 Å². The lowest BCUT2D eigenvalue weighted by Crippen LogP contribution is -2.29. The lowest BCUT2D eigenvalue weighted by Gasteiger charge is -2.14. The zero-order chi connectivity index (χ0) is 15.7. The topological polar surface area (TPSA) is 79.4 Å². The van der Waals surface area contributed by atoms with Crippen molar-refractivity contribution in [2.45, 2.75) is 13.3 Å². The number of rotatable bonds is 3. The van der Waals surface area contributed by atoms with Gasteiger partial charge in [0.05, 0.1) is 11.3 Å². The monoisotopic (exact) mass is 295 g/mol. The van der Waals surface area contributed by atoms with Crippen LogP contribution < -0.4 is 10.2 Å². The highest BCUT2D eigenvalue weighted by Crippen LogP contribution is 2.27. The Balaban J connectivity index is 1.88. The molecule has 3 rings (SSSR count). The molecule has 1 aromatic heterocycles. The molecule has 1 aliphatic heterocycles. The van der Waals surface area contributed by atoms with Crippen LogP contribution in [-0.2, 0) is 4.79 Å². The molecule has 0 fully saturated rings. The van der Waals surface area contributed by atoms with Crippen LogP contribution in [0, 0.1) is 0 Å². The van der Waals surface area contributed by atoms with Gasteiger partial charge in [0.2, 0.25) is 5.91 Å². The molecule has 2 aromatic rings. The normalized spacial score (nSPS) is 13.2. The summed E-state index contributed by atoms with van der Waals surface area (Å²) in [6, 6.07) is 9.74. The van der Waals surface area contributed by atoms with Gasteiger partial charge in [-0.2, -0.15) is 0 Å². The maximum atomic E-state index is 12.3. The number of carbonyl (C=O) groups is 3. The van der Waals surface area contributed by atoms with Crippen molar-refractivity contribution in [3.63, 3.8) is 0 Å². The number of aromatic nitrogens is 1. The molecule has 6 heteroatoms. The van der Waals surface area contributed by atoms with E-state index in [2.05, 4.69) is 10.3 Å². The molecule has 0 saturated carbocycles. The van der Waals surface area contributed by atoms with Crippen LogP contribution in [-0.4, -0.2) is 22.7 Å². The Hall–Kier alpha value is -3.02. The van der Waals surface area contributed by atoms with E-state index < -0.39 is 11.8 Å². The molecule has 0 aliphatic carbocycles. The largest absolute Gasteiger partial charge is 0.326 e. The zero-order valence-electron chi connectivity index (χ0n) is 11.9. The minimum Gasteiger partial charge on any atom is -0.326 e. The molecule has 0 atom stereocenters. The van der Waals surface area contributed by atoms with E-state index in [1.807, 2.05) is 0 Å². The van der Waals surface area contributed by atoms with Crippen molar-refractivity contribution in [1.29, 1.82) is 0 Å². The molecule has 3 amide bonds. The Kier molecular flexibility index (Phi) is 3.42. The summed E-state index contributed by atoms with van der Waals surface area (Å²) in [5.41, 5.74) is 1.53. The number of nitrogens with zero attached hydrogens (tertiary/aromatic N) is 2. The van der Waals surface area contributed by atoms with E-state index in [1.54, 1.807) is 43.3 Å². The van der Waals surface area contributed by atoms with Crippen LogP contribution in [0.15, 0.2) is 42.6 Å². The third kappa shape index (κ3) is 2.24. The van der Waals surface area contributed by atoms with Crippen molar-refractivity contribution in [3.05, 3.63) is 53.9 Å². The van der Waals surface area contributed by atoms with Crippen molar-refractivity contribution < 1.29 is 14.4 Å². The number of anilines is 2. The first-order chi connectivity index (χ1) is 10.6. The minimum atomic E-state index is -0.439. The van der Waals surface area contributed by atoms with Crippen LogP contribution in [0.25, 0.3) is 0 Å². The summed E-state index contributed by atoms with van der Waals surface area (Å²) in [5, 5.41) is 2.71. The molecule has 110 valence electrons. The fourth-order valence-corrected chi connectivity index (χ4v) is 2.24. The highest BCUT2D eigenvalue weighted by atomic mass is 16.2. The quantitative estimate of drug-likeness (QED) is 0.881. The van der Waals surface area contributed by atoms with Gasteiger partial charge in [-0.25, -0.2) is 4.90 Å². The fraction of sp³-hybridized carbons (Fsp3) is 0.125. The van der Waals surface area contributed by atoms with Gasteiger partial charge in [-0.3, -0.25) is 19.4 Å². The maximum absolute atomic E-state index is 12.3. The summed E-state index contributed by atoms with van der Waals surface area (Å²) in [4.78, 5) is 41.0. The Morgan fingerprint density at radius 3 is 2.50 bits per heavy atom. The highest BCUT2D eigenvalue weighted by molar-refractivity contribution is 6.33. The van der Waals surface area contributed by atoms with Crippen LogP contribution in [0.1, 0.15) is 34.2 Å². The lowest BCUT2D eigenvalue weighted by atomic mass is 10.2. The van der Waals surface area contributed by atoms with Crippen LogP contribution in [0.5, 0.6) is 0 Å². The number of hydrogen-bond acceptors (Lipinski definition) is 4. The van der Waals surface area contributed by atoms with Crippen molar-refractivity contribution in [3.8, 4) is 0 Å². The first kappa shape index (κ1) is 13.9. The molecule has 1 aliphatic rings. The van der Waals surface area contributed by atoms with Gasteiger partial charge >= 0.3 is 0 Å². The summed E-state index contributed by atoms with van der Waals surface area (Å²) in [7, 11) is 0. The number of nitrogens with one attached hydrogen (secondary N) is 1. The number of imide groups is 1. The third-order valence-corrected chi connectivity index (χ3v) is 3.38. The highest BCUT2D eigenvalue weighted by Gasteiger charge is 2.37. The second-order valence-corrected chi connectivity index (χ2v) is 4.79. The van der Waals surface area contributed by atoms with Gasteiger partial charge in [0.25, 0.3) is 11.8 Å².